The molecule has 36 heavy (non-hydrogen) atoms. The van der Waals surface area contributed by atoms with Crippen LogP contribution in [0, 0.1) is 25.7 Å². The summed E-state index contributed by atoms with van der Waals surface area (Å²) in [6, 6.07) is 14.2. The number of benzene rings is 2. The number of carbonyl (C=O) groups excluding carboxylic acids is 1. The zero-order valence-electron chi connectivity index (χ0n) is 20.7. The molecule has 6 nitrogen and oxygen atoms in total. The third-order valence-corrected chi connectivity index (χ3v) is 10.7. The Morgan fingerprint density at radius 2 is 1.67 bits per heavy atom. The molecule has 2 aromatic carbocycles. The van der Waals surface area contributed by atoms with E-state index in [9.17, 15) is 13.2 Å². The van der Waals surface area contributed by atoms with E-state index in [4.69, 9.17) is 4.98 Å². The number of fused-ring (bicyclic) bond motifs is 1. The van der Waals surface area contributed by atoms with Crippen LogP contribution in [0.4, 0.5) is 5.00 Å². The quantitative estimate of drug-likeness (QED) is 0.311. The van der Waals surface area contributed by atoms with E-state index in [-0.39, 0.29) is 10.8 Å². The largest absolute Gasteiger partial charge is 0.313 e. The van der Waals surface area contributed by atoms with Crippen molar-refractivity contribution >= 4 is 53.8 Å². The molecule has 2 atom stereocenters. The fourth-order valence-corrected chi connectivity index (χ4v) is 8.73. The third-order valence-electron chi connectivity index (χ3n) is 6.71. The summed E-state index contributed by atoms with van der Waals surface area (Å²) in [7, 11) is -3.59. The second-order valence-electron chi connectivity index (χ2n) is 9.72. The molecule has 0 saturated carbocycles. The fraction of sp³-hybridized carbons (Fsp3) is 0.333. The standard InChI is InChI=1S/C27H29N3O3S3/c1-16-13-17(2)15-30(14-16)36(32,33)21-11-9-20(10-12-21)25(31)29-27-24(18(3)19(4)34-27)26-28-22-7-5-6-8-23(22)35-26/h5-12,16-17H,13-15H2,1-4H3,(H,29,31). The fourth-order valence-electron chi connectivity index (χ4n) is 4.86. The van der Waals surface area contributed by atoms with E-state index in [0.29, 0.717) is 30.5 Å². The Morgan fingerprint density at radius 1 is 1.00 bits per heavy atom. The van der Waals surface area contributed by atoms with Crippen LogP contribution in [0.3, 0.4) is 0 Å². The van der Waals surface area contributed by atoms with Gasteiger partial charge in [0.2, 0.25) is 10.0 Å². The number of para-hydroxylation sites is 1. The Morgan fingerprint density at radius 3 is 2.33 bits per heavy atom. The lowest BCUT2D eigenvalue weighted by Gasteiger charge is -2.34. The van der Waals surface area contributed by atoms with Crippen LogP contribution in [-0.4, -0.2) is 36.7 Å². The van der Waals surface area contributed by atoms with Gasteiger partial charge in [0.25, 0.3) is 5.91 Å². The molecule has 188 valence electrons. The number of aromatic nitrogens is 1. The molecular formula is C27H29N3O3S3. The lowest BCUT2D eigenvalue weighted by Crippen LogP contribution is -2.42. The van der Waals surface area contributed by atoms with Gasteiger partial charge in [0.15, 0.2) is 0 Å². The van der Waals surface area contributed by atoms with Gasteiger partial charge in [-0.3, -0.25) is 4.79 Å². The summed E-state index contributed by atoms with van der Waals surface area (Å²) in [4.78, 5) is 19.3. The van der Waals surface area contributed by atoms with Crippen LogP contribution in [-0.2, 0) is 10.0 Å². The summed E-state index contributed by atoms with van der Waals surface area (Å²) in [6.07, 6.45) is 1.03. The molecule has 1 N–H and O–H groups in total. The summed E-state index contributed by atoms with van der Waals surface area (Å²) >= 11 is 3.13. The highest BCUT2D eigenvalue weighted by Crippen LogP contribution is 2.43. The molecule has 4 aromatic rings. The molecule has 0 radical (unpaired) electrons. The lowest BCUT2D eigenvalue weighted by molar-refractivity contribution is 0.102. The minimum Gasteiger partial charge on any atom is -0.313 e. The average molecular weight is 540 g/mol. The number of nitrogens with zero attached hydrogens (tertiary/aromatic N) is 2. The number of anilines is 1. The van der Waals surface area contributed by atoms with Crippen molar-refractivity contribution in [3.05, 3.63) is 64.5 Å². The second-order valence-corrected chi connectivity index (χ2v) is 13.9. The second kappa shape index (κ2) is 9.70. The first-order valence-electron chi connectivity index (χ1n) is 12.0. The first-order chi connectivity index (χ1) is 17.1. The molecule has 1 aliphatic rings. The highest BCUT2D eigenvalue weighted by atomic mass is 32.2. The van der Waals surface area contributed by atoms with Crippen LogP contribution in [0.2, 0.25) is 0 Å². The molecule has 1 fully saturated rings. The number of carbonyl (C=O) groups is 1. The van der Waals surface area contributed by atoms with E-state index < -0.39 is 10.0 Å². The average Bonchev–Trinajstić information content (AvgIpc) is 3.38. The first kappa shape index (κ1) is 25.1. The molecule has 9 heteroatoms. The molecule has 0 spiro atoms. The Labute approximate surface area is 220 Å². The summed E-state index contributed by atoms with van der Waals surface area (Å²) in [5.74, 6) is 0.384. The van der Waals surface area contributed by atoms with Gasteiger partial charge < -0.3 is 5.32 Å². The van der Waals surface area contributed by atoms with Crippen molar-refractivity contribution in [3.63, 3.8) is 0 Å². The molecule has 3 heterocycles. The topological polar surface area (TPSA) is 79.4 Å². The lowest BCUT2D eigenvalue weighted by atomic mass is 9.94. The van der Waals surface area contributed by atoms with E-state index in [1.165, 1.54) is 23.5 Å². The van der Waals surface area contributed by atoms with E-state index >= 15 is 0 Å². The van der Waals surface area contributed by atoms with Gasteiger partial charge in [-0.15, -0.1) is 22.7 Å². The molecule has 1 amide bonds. The maximum atomic E-state index is 13.2. The summed E-state index contributed by atoms with van der Waals surface area (Å²) in [5.41, 5.74) is 3.39. The minimum atomic E-state index is -3.59. The van der Waals surface area contributed by atoms with E-state index in [2.05, 4.69) is 19.2 Å². The van der Waals surface area contributed by atoms with Crippen LogP contribution in [0.5, 0.6) is 0 Å². The number of nitrogens with one attached hydrogen (secondary N) is 1. The summed E-state index contributed by atoms with van der Waals surface area (Å²) < 4.78 is 29.0. The van der Waals surface area contributed by atoms with Gasteiger partial charge in [0.1, 0.15) is 10.0 Å². The maximum absolute atomic E-state index is 13.2. The molecule has 1 saturated heterocycles. The third kappa shape index (κ3) is 4.72. The predicted octanol–water partition coefficient (Wildman–Crippen LogP) is 6.56. The van der Waals surface area contributed by atoms with Gasteiger partial charge in [-0.1, -0.05) is 26.0 Å². The molecule has 5 rings (SSSR count). The highest BCUT2D eigenvalue weighted by molar-refractivity contribution is 7.89. The minimum absolute atomic E-state index is 0.221. The molecule has 2 unspecified atom stereocenters. The molecule has 0 bridgehead atoms. The van der Waals surface area contributed by atoms with E-state index in [0.717, 1.165) is 42.7 Å². The van der Waals surface area contributed by atoms with Crippen LogP contribution >= 0.6 is 22.7 Å². The van der Waals surface area contributed by atoms with Gasteiger partial charge in [-0.05, 0) is 74.1 Å². The SMILES string of the molecule is Cc1sc(NC(=O)c2ccc(S(=O)(=O)N3CC(C)CC(C)C3)cc2)c(-c2nc3ccccc3s2)c1C. The number of piperidine rings is 1. The molecule has 1 aliphatic heterocycles. The Bertz CT molecular complexity index is 1490. The van der Waals surface area contributed by atoms with Gasteiger partial charge in [-0.2, -0.15) is 4.31 Å². The first-order valence-corrected chi connectivity index (χ1v) is 15.1. The Balaban J connectivity index is 1.39. The molecule has 0 aliphatic carbocycles. The number of thiophene rings is 1. The number of rotatable bonds is 5. The predicted molar refractivity (Wildman–Crippen MR) is 149 cm³/mol. The highest BCUT2D eigenvalue weighted by Gasteiger charge is 2.31. The monoisotopic (exact) mass is 539 g/mol. The van der Waals surface area contributed by atoms with Crippen LogP contribution in [0.25, 0.3) is 20.8 Å². The van der Waals surface area contributed by atoms with Crippen molar-refractivity contribution in [1.29, 1.82) is 0 Å². The van der Waals surface area contributed by atoms with Gasteiger partial charge >= 0.3 is 0 Å². The number of sulfonamides is 1. The molecule has 2 aromatic heterocycles. The zero-order chi connectivity index (χ0) is 25.6. The Hall–Kier alpha value is -2.59. The van der Waals surface area contributed by atoms with Gasteiger partial charge in [0, 0.05) is 29.1 Å². The van der Waals surface area contributed by atoms with E-state index in [1.54, 1.807) is 27.8 Å². The van der Waals surface area contributed by atoms with Crippen molar-refractivity contribution in [2.24, 2.45) is 11.8 Å². The van der Waals surface area contributed by atoms with Crippen molar-refractivity contribution in [2.45, 2.75) is 39.0 Å². The zero-order valence-corrected chi connectivity index (χ0v) is 23.2. The van der Waals surface area contributed by atoms with E-state index in [1.807, 2.05) is 38.1 Å². The number of hydrogen-bond donors (Lipinski definition) is 1. The van der Waals surface area contributed by atoms with Crippen LogP contribution in [0.15, 0.2) is 53.4 Å². The Kier molecular flexibility index (Phi) is 6.76. The van der Waals surface area contributed by atoms with Crippen molar-refractivity contribution < 1.29 is 13.2 Å². The van der Waals surface area contributed by atoms with Crippen LogP contribution in [0.1, 0.15) is 41.1 Å². The van der Waals surface area contributed by atoms with Gasteiger partial charge in [-0.25, -0.2) is 13.4 Å². The number of aryl methyl sites for hydroxylation is 1. The summed E-state index contributed by atoms with van der Waals surface area (Å²) in [5, 5.41) is 4.68. The van der Waals surface area contributed by atoms with Gasteiger partial charge in [0.05, 0.1) is 15.1 Å². The van der Waals surface area contributed by atoms with Crippen molar-refractivity contribution in [3.8, 4) is 10.6 Å². The van der Waals surface area contributed by atoms with Crippen LogP contribution < -0.4 is 5.32 Å². The maximum Gasteiger partial charge on any atom is 0.256 e. The summed E-state index contributed by atoms with van der Waals surface area (Å²) in [6.45, 7) is 9.31. The van der Waals surface area contributed by atoms with Crippen molar-refractivity contribution in [1.82, 2.24) is 9.29 Å². The van der Waals surface area contributed by atoms with Crippen molar-refractivity contribution in [2.75, 3.05) is 18.4 Å². The molecular weight excluding hydrogens is 511 g/mol. The normalized spacial score (nSPS) is 19.0. The smallest absolute Gasteiger partial charge is 0.256 e. The number of amides is 1. The number of hydrogen-bond acceptors (Lipinski definition) is 6. The number of thiazole rings is 1.